The number of rotatable bonds is 5. The van der Waals surface area contributed by atoms with Gasteiger partial charge in [0.2, 0.25) is 0 Å². The first-order chi connectivity index (χ1) is 12.2. The van der Waals surface area contributed by atoms with Gasteiger partial charge in [0.25, 0.3) is 0 Å². The molecular formula is C21H19BrN2O. The summed E-state index contributed by atoms with van der Waals surface area (Å²) in [5.74, 6) is -0.0465. The van der Waals surface area contributed by atoms with Crippen molar-refractivity contribution in [2.45, 2.75) is 19.3 Å². The lowest BCUT2D eigenvalue weighted by Gasteiger charge is -2.21. The van der Waals surface area contributed by atoms with Crippen molar-refractivity contribution < 1.29 is 5.21 Å². The molecule has 4 heteroatoms. The fourth-order valence-electron chi connectivity index (χ4n) is 3.04. The smallest absolute Gasteiger partial charge is 0.0946 e. The lowest BCUT2D eigenvalue weighted by atomic mass is 9.83. The zero-order valence-corrected chi connectivity index (χ0v) is 15.5. The summed E-state index contributed by atoms with van der Waals surface area (Å²) in [6, 6.07) is 20.3. The van der Waals surface area contributed by atoms with E-state index in [0.717, 1.165) is 22.0 Å². The first-order valence-electron chi connectivity index (χ1n) is 8.11. The molecule has 0 fully saturated rings. The van der Waals surface area contributed by atoms with Gasteiger partial charge in [-0.3, -0.25) is 4.98 Å². The highest BCUT2D eigenvalue weighted by molar-refractivity contribution is 9.10. The van der Waals surface area contributed by atoms with Crippen molar-refractivity contribution in [1.29, 1.82) is 0 Å². The number of nitrogens with zero attached hydrogens (tertiary/aromatic N) is 2. The maximum atomic E-state index is 9.78. The summed E-state index contributed by atoms with van der Waals surface area (Å²) in [5.41, 5.74) is 5.06. The minimum Gasteiger partial charge on any atom is -0.411 e. The molecule has 0 spiro atoms. The SMILES string of the molecule is Cc1ccccc1C(Cc1ccc(Br)cc1)C(=NO)c1ccncc1. The largest absolute Gasteiger partial charge is 0.411 e. The van der Waals surface area contributed by atoms with E-state index in [1.807, 2.05) is 36.4 Å². The molecule has 1 N–H and O–H groups in total. The van der Waals surface area contributed by atoms with Crippen molar-refractivity contribution in [3.05, 3.63) is 99.8 Å². The molecule has 0 bridgehead atoms. The van der Waals surface area contributed by atoms with Crippen molar-refractivity contribution in [3.63, 3.8) is 0 Å². The van der Waals surface area contributed by atoms with Gasteiger partial charge >= 0.3 is 0 Å². The van der Waals surface area contributed by atoms with Crippen molar-refractivity contribution >= 4 is 21.6 Å². The van der Waals surface area contributed by atoms with E-state index in [9.17, 15) is 5.21 Å². The van der Waals surface area contributed by atoms with Crippen LogP contribution in [0.2, 0.25) is 0 Å². The van der Waals surface area contributed by atoms with Crippen LogP contribution in [0.15, 0.2) is 82.7 Å². The molecule has 2 aromatic carbocycles. The number of pyridine rings is 1. The van der Waals surface area contributed by atoms with Crippen molar-refractivity contribution in [1.82, 2.24) is 4.98 Å². The minimum absolute atomic E-state index is 0.0465. The molecule has 25 heavy (non-hydrogen) atoms. The number of benzene rings is 2. The third-order valence-corrected chi connectivity index (χ3v) is 4.86. The zero-order chi connectivity index (χ0) is 17.6. The molecule has 0 amide bonds. The number of halogens is 1. The molecular weight excluding hydrogens is 376 g/mol. The Bertz CT molecular complexity index is 861. The van der Waals surface area contributed by atoms with Crippen molar-refractivity contribution in [2.24, 2.45) is 5.16 Å². The quantitative estimate of drug-likeness (QED) is 0.359. The Balaban J connectivity index is 2.05. The summed E-state index contributed by atoms with van der Waals surface area (Å²) in [6.07, 6.45) is 4.18. The third-order valence-electron chi connectivity index (χ3n) is 4.33. The van der Waals surface area contributed by atoms with Gasteiger partial charge in [-0.2, -0.15) is 0 Å². The molecule has 1 atom stereocenters. The van der Waals surface area contributed by atoms with Gasteiger partial charge in [0.1, 0.15) is 0 Å². The average Bonchev–Trinajstić information content (AvgIpc) is 2.65. The van der Waals surface area contributed by atoms with E-state index >= 15 is 0 Å². The molecule has 0 aliphatic heterocycles. The Labute approximate surface area is 156 Å². The van der Waals surface area contributed by atoms with Gasteiger partial charge in [-0.15, -0.1) is 0 Å². The molecule has 0 aliphatic rings. The molecule has 1 heterocycles. The Morgan fingerprint density at radius 1 is 1.04 bits per heavy atom. The van der Waals surface area contributed by atoms with E-state index in [0.29, 0.717) is 5.71 Å². The van der Waals surface area contributed by atoms with Gasteiger partial charge < -0.3 is 5.21 Å². The van der Waals surface area contributed by atoms with E-state index in [2.05, 4.69) is 57.3 Å². The molecule has 3 rings (SSSR count). The van der Waals surface area contributed by atoms with Crippen LogP contribution < -0.4 is 0 Å². The maximum Gasteiger partial charge on any atom is 0.0946 e. The molecule has 1 aromatic heterocycles. The fraction of sp³-hybridized carbons (Fsp3) is 0.143. The molecule has 0 aliphatic carbocycles. The molecule has 0 saturated heterocycles. The Hall–Kier alpha value is -2.46. The Kier molecular flexibility index (Phi) is 5.61. The monoisotopic (exact) mass is 394 g/mol. The Morgan fingerprint density at radius 3 is 2.36 bits per heavy atom. The lowest BCUT2D eigenvalue weighted by molar-refractivity contribution is 0.317. The van der Waals surface area contributed by atoms with Crippen LogP contribution in [0, 0.1) is 6.92 Å². The van der Waals surface area contributed by atoms with E-state index in [-0.39, 0.29) is 5.92 Å². The van der Waals surface area contributed by atoms with Crippen LogP contribution in [-0.2, 0) is 6.42 Å². The summed E-state index contributed by atoms with van der Waals surface area (Å²) in [4.78, 5) is 4.06. The molecule has 126 valence electrons. The molecule has 1 unspecified atom stereocenters. The van der Waals surface area contributed by atoms with Crippen LogP contribution in [0.1, 0.15) is 28.2 Å². The second-order valence-corrected chi connectivity index (χ2v) is 6.88. The van der Waals surface area contributed by atoms with Gasteiger partial charge in [-0.1, -0.05) is 57.5 Å². The van der Waals surface area contributed by atoms with Crippen LogP contribution in [-0.4, -0.2) is 15.9 Å². The highest BCUT2D eigenvalue weighted by atomic mass is 79.9. The first-order valence-corrected chi connectivity index (χ1v) is 8.90. The average molecular weight is 395 g/mol. The highest BCUT2D eigenvalue weighted by Gasteiger charge is 2.22. The molecule has 0 radical (unpaired) electrons. The van der Waals surface area contributed by atoms with Gasteiger partial charge in [-0.05, 0) is 54.3 Å². The highest BCUT2D eigenvalue weighted by Crippen LogP contribution is 2.29. The van der Waals surface area contributed by atoms with Crippen molar-refractivity contribution in [3.8, 4) is 0 Å². The molecule has 0 saturated carbocycles. The van der Waals surface area contributed by atoms with E-state index in [4.69, 9.17) is 0 Å². The normalized spacial score (nSPS) is 12.8. The summed E-state index contributed by atoms with van der Waals surface area (Å²) in [6.45, 7) is 2.09. The molecule has 3 nitrogen and oxygen atoms in total. The number of hydrogen-bond acceptors (Lipinski definition) is 3. The summed E-state index contributed by atoms with van der Waals surface area (Å²) in [5, 5.41) is 13.5. The predicted octanol–water partition coefficient (Wildman–Crippen LogP) is 5.36. The van der Waals surface area contributed by atoms with E-state index < -0.39 is 0 Å². The number of aromatic nitrogens is 1. The Morgan fingerprint density at radius 2 is 1.72 bits per heavy atom. The summed E-state index contributed by atoms with van der Waals surface area (Å²) < 4.78 is 1.05. The van der Waals surface area contributed by atoms with E-state index in [1.54, 1.807) is 12.4 Å². The van der Waals surface area contributed by atoms with Crippen molar-refractivity contribution in [2.75, 3.05) is 0 Å². The molecule has 3 aromatic rings. The van der Waals surface area contributed by atoms with Crippen LogP contribution in [0.4, 0.5) is 0 Å². The predicted molar refractivity (Wildman–Crippen MR) is 104 cm³/mol. The zero-order valence-electron chi connectivity index (χ0n) is 13.9. The van der Waals surface area contributed by atoms with Gasteiger partial charge in [0, 0.05) is 28.3 Å². The third kappa shape index (κ3) is 4.15. The van der Waals surface area contributed by atoms with Gasteiger partial charge in [0.05, 0.1) is 5.71 Å². The van der Waals surface area contributed by atoms with Crippen LogP contribution >= 0.6 is 15.9 Å². The summed E-state index contributed by atoms with van der Waals surface area (Å²) in [7, 11) is 0. The first kappa shape index (κ1) is 17.4. The number of oxime groups is 1. The minimum atomic E-state index is -0.0465. The van der Waals surface area contributed by atoms with Gasteiger partial charge in [0.15, 0.2) is 0 Å². The van der Waals surface area contributed by atoms with Crippen LogP contribution in [0.5, 0.6) is 0 Å². The standard InChI is InChI=1S/C21H19BrN2O/c1-15-4-2-3-5-19(15)20(14-16-6-8-18(22)9-7-16)21(24-25)17-10-12-23-13-11-17/h2-13,20,25H,14H2,1H3. The fourth-order valence-corrected chi connectivity index (χ4v) is 3.30. The van der Waals surface area contributed by atoms with E-state index in [1.165, 1.54) is 11.1 Å². The second-order valence-electron chi connectivity index (χ2n) is 5.96. The van der Waals surface area contributed by atoms with Crippen LogP contribution in [0.3, 0.4) is 0 Å². The topological polar surface area (TPSA) is 45.5 Å². The second kappa shape index (κ2) is 8.08. The lowest BCUT2D eigenvalue weighted by Crippen LogP contribution is -2.18. The summed E-state index contributed by atoms with van der Waals surface area (Å²) >= 11 is 3.48. The van der Waals surface area contributed by atoms with Gasteiger partial charge in [-0.25, -0.2) is 0 Å². The van der Waals surface area contributed by atoms with Crippen LogP contribution in [0.25, 0.3) is 0 Å². The maximum absolute atomic E-state index is 9.78. The number of aryl methyl sites for hydroxylation is 1. The number of hydrogen-bond donors (Lipinski definition) is 1.